The van der Waals surface area contributed by atoms with Crippen LogP contribution in [0.4, 0.5) is 0 Å². The van der Waals surface area contributed by atoms with Crippen molar-refractivity contribution in [1.29, 1.82) is 0 Å². The van der Waals surface area contributed by atoms with Crippen LogP contribution in [0.1, 0.15) is 87.5 Å². The second-order valence-electron chi connectivity index (χ2n) is 14.4. The minimum atomic E-state index is -1.35. The summed E-state index contributed by atoms with van der Waals surface area (Å²) in [5.74, 6) is -2.62. The predicted molar refractivity (Wildman–Crippen MR) is 153 cm³/mol. The molecular weight excluding hydrogens is 508 g/mol. The van der Waals surface area contributed by atoms with Crippen LogP contribution in [0.3, 0.4) is 0 Å². The summed E-state index contributed by atoms with van der Waals surface area (Å²) >= 11 is 0. The van der Waals surface area contributed by atoms with Gasteiger partial charge in [-0.3, -0.25) is 14.4 Å². The quantitative estimate of drug-likeness (QED) is 0.371. The third-order valence-corrected chi connectivity index (χ3v) is 9.11. The minimum absolute atomic E-state index is 0.0366. The number of hydrogen-bond acceptors (Lipinski definition) is 6. The summed E-state index contributed by atoms with van der Waals surface area (Å²) in [4.78, 5) is 46.6. The molecule has 0 aliphatic carbocycles. The topological polar surface area (TPSA) is 96.4 Å². The standard InChI is InChI=1S/C32H50N2O6/c1-9-31-14-11-10-12-17-39-28(38)24(31)23-26(36)34(22(19-35)18-21(2)3)25-27(37)33(16-13-15-32(23,25)40-31)30(7,8)20-29(4,5)6/h11,13-15,21-25,35H,9-10,12,16-20H2,1-8H3/b14-11-/t22-,23+,24-,25?,31+,32+/m1/s1. The first-order chi connectivity index (χ1) is 18.6. The predicted octanol–water partition coefficient (Wildman–Crippen LogP) is 4.26. The fourth-order valence-corrected chi connectivity index (χ4v) is 7.97. The fourth-order valence-electron chi connectivity index (χ4n) is 7.97. The molecule has 2 amide bonds. The van der Waals surface area contributed by atoms with E-state index in [1.54, 1.807) is 4.90 Å². The van der Waals surface area contributed by atoms with Gasteiger partial charge in [-0.15, -0.1) is 0 Å². The molecule has 8 heteroatoms. The maximum Gasteiger partial charge on any atom is 0.313 e. The lowest BCUT2D eigenvalue weighted by Crippen LogP contribution is -2.62. The highest BCUT2D eigenvalue weighted by molar-refractivity contribution is 5.99. The number of aliphatic hydroxyl groups excluding tert-OH is 1. The van der Waals surface area contributed by atoms with Crippen LogP contribution in [0.5, 0.6) is 0 Å². The molecule has 4 aliphatic heterocycles. The van der Waals surface area contributed by atoms with Gasteiger partial charge in [-0.2, -0.15) is 0 Å². The number of hydrogen-bond donors (Lipinski definition) is 1. The molecule has 0 aromatic carbocycles. The van der Waals surface area contributed by atoms with Gasteiger partial charge >= 0.3 is 5.97 Å². The van der Waals surface area contributed by atoms with Crippen LogP contribution in [0.2, 0.25) is 0 Å². The molecule has 4 rings (SSSR count). The highest BCUT2D eigenvalue weighted by Crippen LogP contribution is 2.59. The number of carbonyl (C=O) groups is 3. The molecule has 0 saturated carbocycles. The number of rotatable bonds is 7. The summed E-state index contributed by atoms with van der Waals surface area (Å²) in [5, 5.41) is 10.6. The molecule has 40 heavy (non-hydrogen) atoms. The molecule has 0 bridgehead atoms. The van der Waals surface area contributed by atoms with E-state index in [0.29, 0.717) is 25.8 Å². The first kappa shape index (κ1) is 30.8. The Bertz CT molecular complexity index is 1060. The Morgan fingerprint density at radius 1 is 1.05 bits per heavy atom. The molecule has 4 aliphatic rings. The van der Waals surface area contributed by atoms with E-state index in [1.807, 2.05) is 50.0 Å². The van der Waals surface area contributed by atoms with Crippen molar-refractivity contribution >= 4 is 17.8 Å². The molecule has 6 atom stereocenters. The fraction of sp³-hybridized carbons (Fsp3) is 0.781. The van der Waals surface area contributed by atoms with Crippen molar-refractivity contribution < 1.29 is 29.0 Å². The number of likely N-dealkylation sites (tertiary alicyclic amines) is 1. The molecule has 0 aromatic heterocycles. The van der Waals surface area contributed by atoms with Crippen LogP contribution >= 0.6 is 0 Å². The number of fused-ring (bicyclic) bond motifs is 2. The van der Waals surface area contributed by atoms with Crippen molar-refractivity contribution in [2.24, 2.45) is 23.2 Å². The largest absolute Gasteiger partial charge is 0.465 e. The molecule has 1 N–H and O–H groups in total. The first-order valence-corrected chi connectivity index (χ1v) is 15.1. The SMILES string of the molecule is CC[C@]12/C=C\CCCOC(=O)[C@H]1[C@H]1C(=O)N([C@@H](CO)CC(C)C)C3C(=O)N(C(C)(C)CC(C)(C)C)CC=C[C@@]31O2. The van der Waals surface area contributed by atoms with Crippen LogP contribution in [-0.2, 0) is 23.9 Å². The lowest BCUT2D eigenvalue weighted by atomic mass is 9.73. The van der Waals surface area contributed by atoms with E-state index in [2.05, 4.69) is 34.6 Å². The van der Waals surface area contributed by atoms with Gasteiger partial charge in [0.1, 0.15) is 23.2 Å². The van der Waals surface area contributed by atoms with E-state index < -0.39 is 46.6 Å². The smallest absolute Gasteiger partial charge is 0.313 e. The summed E-state index contributed by atoms with van der Waals surface area (Å²) in [5.41, 5.74) is -2.97. The Morgan fingerprint density at radius 2 is 1.75 bits per heavy atom. The van der Waals surface area contributed by atoms with Gasteiger partial charge in [0, 0.05) is 12.1 Å². The van der Waals surface area contributed by atoms with Crippen molar-refractivity contribution in [2.45, 2.75) is 116 Å². The normalized spacial score (nSPS) is 34.5. The van der Waals surface area contributed by atoms with Crippen LogP contribution < -0.4 is 0 Å². The van der Waals surface area contributed by atoms with Gasteiger partial charge in [-0.1, -0.05) is 65.8 Å². The van der Waals surface area contributed by atoms with Gasteiger partial charge in [0.05, 0.1) is 25.2 Å². The van der Waals surface area contributed by atoms with Crippen molar-refractivity contribution in [3.05, 3.63) is 24.3 Å². The average Bonchev–Trinajstić information content (AvgIpc) is 3.22. The van der Waals surface area contributed by atoms with Gasteiger partial charge in [0.25, 0.3) is 0 Å². The van der Waals surface area contributed by atoms with Gasteiger partial charge in [0.15, 0.2) is 0 Å². The molecule has 4 heterocycles. The third kappa shape index (κ3) is 5.15. The number of esters is 1. The van der Waals surface area contributed by atoms with Gasteiger partial charge < -0.3 is 24.4 Å². The Labute approximate surface area is 240 Å². The number of ether oxygens (including phenoxy) is 2. The Kier molecular flexibility index (Phi) is 8.38. The zero-order valence-electron chi connectivity index (χ0n) is 25.7. The van der Waals surface area contributed by atoms with Crippen LogP contribution in [-0.4, -0.2) is 81.3 Å². The molecular formula is C32H50N2O6. The second-order valence-corrected chi connectivity index (χ2v) is 14.4. The van der Waals surface area contributed by atoms with Crippen molar-refractivity contribution in [3.63, 3.8) is 0 Å². The summed E-state index contributed by atoms with van der Waals surface area (Å²) in [7, 11) is 0. The highest BCUT2D eigenvalue weighted by atomic mass is 16.6. The molecule has 1 spiro atoms. The summed E-state index contributed by atoms with van der Waals surface area (Å²) in [6.07, 6.45) is 10.9. The molecule has 224 valence electrons. The lowest BCUT2D eigenvalue weighted by molar-refractivity contribution is -0.164. The van der Waals surface area contributed by atoms with Crippen molar-refractivity contribution in [2.75, 3.05) is 19.8 Å². The average molecular weight is 559 g/mol. The number of nitrogens with zero attached hydrogens (tertiary/aromatic N) is 2. The molecule has 1 unspecified atom stereocenters. The zero-order chi connectivity index (χ0) is 29.7. The maximum atomic E-state index is 14.8. The van der Waals surface area contributed by atoms with E-state index >= 15 is 0 Å². The zero-order valence-corrected chi connectivity index (χ0v) is 25.7. The Morgan fingerprint density at radius 3 is 2.35 bits per heavy atom. The van der Waals surface area contributed by atoms with Gasteiger partial charge in [-0.25, -0.2) is 0 Å². The van der Waals surface area contributed by atoms with Gasteiger partial charge in [-0.05, 0) is 57.3 Å². The molecule has 8 nitrogen and oxygen atoms in total. The number of amides is 2. The molecule has 0 radical (unpaired) electrons. The van der Waals surface area contributed by atoms with Gasteiger partial charge in [0.2, 0.25) is 11.8 Å². The summed E-state index contributed by atoms with van der Waals surface area (Å²) < 4.78 is 12.7. The van der Waals surface area contributed by atoms with E-state index in [1.165, 1.54) is 0 Å². The molecule has 2 fully saturated rings. The van der Waals surface area contributed by atoms with E-state index in [9.17, 15) is 19.5 Å². The van der Waals surface area contributed by atoms with E-state index in [-0.39, 0.29) is 36.4 Å². The number of aliphatic hydroxyl groups is 1. The molecule has 0 aromatic rings. The van der Waals surface area contributed by atoms with Crippen LogP contribution in [0.25, 0.3) is 0 Å². The highest BCUT2D eigenvalue weighted by Gasteiger charge is 2.76. The van der Waals surface area contributed by atoms with E-state index in [4.69, 9.17) is 9.47 Å². The van der Waals surface area contributed by atoms with E-state index in [0.717, 1.165) is 12.8 Å². The monoisotopic (exact) mass is 558 g/mol. The minimum Gasteiger partial charge on any atom is -0.465 e. The summed E-state index contributed by atoms with van der Waals surface area (Å²) in [6.45, 7) is 17.0. The number of cyclic esters (lactones) is 1. The van der Waals surface area contributed by atoms with Crippen molar-refractivity contribution in [1.82, 2.24) is 9.80 Å². The molecule has 2 saturated heterocycles. The maximum absolute atomic E-state index is 14.8. The Hall–Kier alpha value is -2.19. The third-order valence-electron chi connectivity index (χ3n) is 9.11. The van der Waals surface area contributed by atoms with Crippen LogP contribution in [0.15, 0.2) is 24.3 Å². The first-order valence-electron chi connectivity index (χ1n) is 15.1. The van der Waals surface area contributed by atoms with Crippen molar-refractivity contribution in [3.8, 4) is 0 Å². The van der Waals surface area contributed by atoms with Crippen LogP contribution in [0, 0.1) is 23.2 Å². The lowest BCUT2D eigenvalue weighted by Gasteiger charge is -2.46. The second kappa shape index (κ2) is 10.9. The number of allylic oxidation sites excluding steroid dienone is 1. The Balaban J connectivity index is 1.92. The summed E-state index contributed by atoms with van der Waals surface area (Å²) in [6, 6.07) is -1.58. The number of carbonyl (C=O) groups excluding carboxylic acids is 3.